The van der Waals surface area contributed by atoms with Crippen molar-refractivity contribution in [1.82, 2.24) is 4.90 Å². The van der Waals surface area contributed by atoms with Crippen LogP contribution in [-0.2, 0) is 37.1 Å². The molecule has 0 N–H and O–H groups in total. The predicted molar refractivity (Wildman–Crippen MR) is 95.3 cm³/mol. The fourth-order valence-electron chi connectivity index (χ4n) is 4.21. The zero-order chi connectivity index (χ0) is 20.5. The summed E-state index contributed by atoms with van der Waals surface area (Å²) < 4.78 is 15.7. The Bertz CT molecular complexity index is 859. The Morgan fingerprint density at radius 3 is 2.55 bits per heavy atom. The molecular weight excluding hydrogens is 384 g/mol. The van der Waals surface area contributed by atoms with E-state index in [9.17, 15) is 24.5 Å². The van der Waals surface area contributed by atoms with Gasteiger partial charge in [0.2, 0.25) is 11.8 Å². The first-order valence-corrected chi connectivity index (χ1v) is 9.47. The van der Waals surface area contributed by atoms with Crippen molar-refractivity contribution in [2.75, 3.05) is 13.3 Å². The molecule has 1 aliphatic carbocycles. The third-order valence-corrected chi connectivity index (χ3v) is 5.59. The molecule has 0 bridgehead atoms. The van der Waals surface area contributed by atoms with Gasteiger partial charge in [0.15, 0.2) is 6.79 Å². The van der Waals surface area contributed by atoms with Crippen molar-refractivity contribution in [2.45, 2.75) is 38.9 Å². The molecule has 4 rings (SSSR count). The second-order valence-electron chi connectivity index (χ2n) is 7.38. The summed E-state index contributed by atoms with van der Waals surface area (Å²) in [5.74, 6) is -1.66. The molecule has 2 heterocycles. The number of nitro benzene ring substituents is 1. The van der Waals surface area contributed by atoms with E-state index in [1.807, 2.05) is 0 Å². The minimum absolute atomic E-state index is 0.00862. The quantitative estimate of drug-likeness (QED) is 0.314. The number of nitro groups is 1. The van der Waals surface area contributed by atoms with Crippen molar-refractivity contribution >= 4 is 23.5 Å². The van der Waals surface area contributed by atoms with Crippen LogP contribution in [-0.4, -0.2) is 40.9 Å². The van der Waals surface area contributed by atoms with Crippen molar-refractivity contribution in [3.63, 3.8) is 0 Å². The summed E-state index contributed by atoms with van der Waals surface area (Å²) in [6.45, 7) is -0.583. The van der Waals surface area contributed by atoms with E-state index in [4.69, 9.17) is 14.2 Å². The molecule has 1 saturated heterocycles. The van der Waals surface area contributed by atoms with E-state index in [2.05, 4.69) is 0 Å². The Balaban J connectivity index is 1.44. The van der Waals surface area contributed by atoms with Crippen molar-refractivity contribution in [3.05, 3.63) is 33.4 Å². The maximum absolute atomic E-state index is 12.5. The van der Waals surface area contributed by atoms with Crippen LogP contribution in [0.3, 0.4) is 0 Å². The van der Waals surface area contributed by atoms with Crippen molar-refractivity contribution < 1.29 is 33.5 Å². The van der Waals surface area contributed by atoms with Crippen LogP contribution in [0.1, 0.15) is 36.8 Å². The van der Waals surface area contributed by atoms with E-state index in [1.54, 1.807) is 0 Å². The van der Waals surface area contributed by atoms with Gasteiger partial charge in [-0.25, -0.2) is 0 Å². The molecular formula is C19H20N2O8. The van der Waals surface area contributed by atoms with Crippen molar-refractivity contribution in [3.8, 4) is 5.75 Å². The monoisotopic (exact) mass is 404 g/mol. The van der Waals surface area contributed by atoms with Gasteiger partial charge in [-0.1, -0.05) is 12.8 Å². The van der Waals surface area contributed by atoms with Crippen LogP contribution in [0.5, 0.6) is 5.75 Å². The molecule has 0 aromatic heterocycles. The van der Waals surface area contributed by atoms with Crippen LogP contribution in [0.25, 0.3) is 0 Å². The number of ether oxygens (including phenoxy) is 3. The largest absolute Gasteiger partial charge is 0.467 e. The van der Waals surface area contributed by atoms with Gasteiger partial charge in [-0.2, -0.15) is 0 Å². The Labute approximate surface area is 165 Å². The maximum atomic E-state index is 12.5. The normalized spacial score (nSPS) is 23.2. The molecule has 154 valence electrons. The SMILES string of the molecule is O=C(CN1C(=O)[C@H]2CCCC[C@@H]2C1=O)OCc1cc([N+](=O)[O-])cc2c1OCOC2. The van der Waals surface area contributed by atoms with Crippen LogP contribution in [0.15, 0.2) is 12.1 Å². The van der Waals surface area contributed by atoms with Gasteiger partial charge in [-0.3, -0.25) is 29.4 Å². The number of non-ortho nitro benzene ring substituents is 1. The van der Waals surface area contributed by atoms with E-state index in [-0.39, 0.29) is 49.3 Å². The molecule has 2 aliphatic heterocycles. The number of likely N-dealkylation sites (tertiary alicyclic amines) is 1. The molecule has 1 aromatic rings. The number of fused-ring (bicyclic) bond motifs is 2. The first-order chi connectivity index (χ1) is 14.0. The number of esters is 1. The van der Waals surface area contributed by atoms with Gasteiger partial charge in [0.1, 0.15) is 18.9 Å². The smallest absolute Gasteiger partial charge is 0.326 e. The van der Waals surface area contributed by atoms with Gasteiger partial charge in [0.25, 0.3) is 5.69 Å². The lowest BCUT2D eigenvalue weighted by atomic mass is 9.81. The van der Waals surface area contributed by atoms with Crippen molar-refractivity contribution in [2.24, 2.45) is 11.8 Å². The topological polar surface area (TPSA) is 125 Å². The van der Waals surface area contributed by atoms with Gasteiger partial charge in [0, 0.05) is 23.3 Å². The maximum Gasteiger partial charge on any atom is 0.326 e. The Kier molecular flexibility index (Phi) is 5.18. The first kappa shape index (κ1) is 19.3. The Morgan fingerprint density at radius 2 is 1.90 bits per heavy atom. The number of imide groups is 1. The van der Waals surface area contributed by atoms with Crippen LogP contribution in [0.4, 0.5) is 5.69 Å². The summed E-state index contributed by atoms with van der Waals surface area (Å²) in [7, 11) is 0. The number of hydrogen-bond acceptors (Lipinski definition) is 8. The molecule has 1 saturated carbocycles. The van der Waals surface area contributed by atoms with Crippen LogP contribution < -0.4 is 4.74 Å². The van der Waals surface area contributed by atoms with Gasteiger partial charge >= 0.3 is 5.97 Å². The summed E-state index contributed by atoms with van der Waals surface area (Å²) in [5, 5.41) is 11.1. The highest BCUT2D eigenvalue weighted by Crippen LogP contribution is 2.38. The van der Waals surface area contributed by atoms with Crippen LogP contribution in [0, 0.1) is 22.0 Å². The Hall–Kier alpha value is -3.01. The highest BCUT2D eigenvalue weighted by atomic mass is 16.7. The van der Waals surface area contributed by atoms with E-state index < -0.39 is 17.4 Å². The standard InChI is InChI=1S/C19H20N2O8/c22-16(7-20-18(23)14-3-1-2-4-15(14)19(20)24)28-9-12-6-13(21(25)26)5-11-8-27-10-29-17(11)12/h5-6,14-15H,1-4,7-10H2/t14-,15-/m0/s1. The molecule has 0 spiro atoms. The lowest BCUT2D eigenvalue weighted by Gasteiger charge is -2.20. The van der Waals surface area contributed by atoms with Gasteiger partial charge in [0.05, 0.1) is 23.4 Å². The molecule has 10 heteroatoms. The molecule has 10 nitrogen and oxygen atoms in total. The molecule has 0 radical (unpaired) electrons. The molecule has 2 fully saturated rings. The van der Waals surface area contributed by atoms with E-state index in [0.29, 0.717) is 29.7 Å². The molecule has 29 heavy (non-hydrogen) atoms. The summed E-state index contributed by atoms with van der Waals surface area (Å²) in [5.41, 5.74) is 0.655. The number of rotatable bonds is 5. The highest BCUT2D eigenvalue weighted by molar-refractivity contribution is 6.07. The number of benzene rings is 1. The number of hydrogen-bond donors (Lipinski definition) is 0. The average molecular weight is 404 g/mol. The molecule has 1 aromatic carbocycles. The average Bonchev–Trinajstić information content (AvgIpc) is 2.97. The lowest BCUT2D eigenvalue weighted by molar-refractivity contribution is -0.385. The number of amides is 2. The molecule has 2 atom stereocenters. The van der Waals surface area contributed by atoms with Gasteiger partial charge < -0.3 is 14.2 Å². The number of carbonyl (C=O) groups excluding carboxylic acids is 3. The first-order valence-electron chi connectivity index (χ1n) is 9.47. The summed E-state index contributed by atoms with van der Waals surface area (Å²) >= 11 is 0. The molecule has 0 unspecified atom stereocenters. The second-order valence-corrected chi connectivity index (χ2v) is 7.38. The lowest BCUT2D eigenvalue weighted by Crippen LogP contribution is -2.36. The Morgan fingerprint density at radius 1 is 1.21 bits per heavy atom. The summed E-state index contributed by atoms with van der Waals surface area (Å²) in [6, 6.07) is 2.63. The highest BCUT2D eigenvalue weighted by Gasteiger charge is 2.48. The van der Waals surface area contributed by atoms with Crippen molar-refractivity contribution in [1.29, 1.82) is 0 Å². The second kappa shape index (κ2) is 7.78. The van der Waals surface area contributed by atoms with Gasteiger partial charge in [-0.15, -0.1) is 0 Å². The number of carbonyl (C=O) groups is 3. The fourth-order valence-corrected chi connectivity index (χ4v) is 4.21. The molecule has 2 amide bonds. The minimum atomic E-state index is -0.752. The zero-order valence-electron chi connectivity index (χ0n) is 15.6. The predicted octanol–water partition coefficient (Wildman–Crippen LogP) is 1.68. The minimum Gasteiger partial charge on any atom is -0.467 e. The van der Waals surface area contributed by atoms with E-state index >= 15 is 0 Å². The molecule has 3 aliphatic rings. The van der Waals surface area contributed by atoms with E-state index in [1.165, 1.54) is 12.1 Å². The van der Waals surface area contributed by atoms with Gasteiger partial charge in [-0.05, 0) is 12.8 Å². The third-order valence-electron chi connectivity index (χ3n) is 5.59. The summed E-state index contributed by atoms with van der Waals surface area (Å²) in [6.07, 6.45) is 3.14. The summed E-state index contributed by atoms with van der Waals surface area (Å²) in [4.78, 5) is 48.8. The van der Waals surface area contributed by atoms with Crippen LogP contribution >= 0.6 is 0 Å². The van der Waals surface area contributed by atoms with E-state index in [0.717, 1.165) is 17.7 Å². The number of nitrogens with zero attached hydrogens (tertiary/aromatic N) is 2. The zero-order valence-corrected chi connectivity index (χ0v) is 15.6. The third kappa shape index (κ3) is 3.67. The fraction of sp³-hybridized carbons (Fsp3) is 0.526. The van der Waals surface area contributed by atoms with Crippen LogP contribution in [0.2, 0.25) is 0 Å².